The Balaban J connectivity index is 1.39. The van der Waals surface area contributed by atoms with Crippen molar-refractivity contribution in [3.63, 3.8) is 0 Å². The Morgan fingerprint density at radius 2 is 1.53 bits per heavy atom. The van der Waals surface area contributed by atoms with Crippen LogP contribution in [0.25, 0.3) is 61.2 Å². The van der Waals surface area contributed by atoms with Crippen LogP contribution in [0.1, 0.15) is 31.9 Å². The average molecular weight is 510 g/mol. The SMILES string of the molecule is CC(C)(C)c1cc(-c2nccc3c2oc2cc(-c4ccc5c(c4)C=C[Si]5(C)C)ccc23)cc2ccccc12. The Labute approximate surface area is 224 Å². The summed E-state index contributed by atoms with van der Waals surface area (Å²) >= 11 is 0. The number of fused-ring (bicyclic) bond motifs is 5. The Kier molecular flexibility index (Phi) is 4.89. The molecule has 0 saturated heterocycles. The van der Waals surface area contributed by atoms with E-state index in [-0.39, 0.29) is 5.41 Å². The number of rotatable bonds is 2. The van der Waals surface area contributed by atoms with Crippen molar-refractivity contribution in [3.05, 3.63) is 102 Å². The van der Waals surface area contributed by atoms with E-state index in [0.29, 0.717) is 0 Å². The first kappa shape index (κ1) is 23.2. The van der Waals surface area contributed by atoms with E-state index in [2.05, 4.69) is 125 Å². The Morgan fingerprint density at radius 3 is 2.37 bits per heavy atom. The van der Waals surface area contributed by atoms with E-state index in [1.165, 1.54) is 38.2 Å². The molecule has 3 heteroatoms. The summed E-state index contributed by atoms with van der Waals surface area (Å²) in [5, 5.41) is 6.27. The zero-order valence-electron chi connectivity index (χ0n) is 22.6. The lowest BCUT2D eigenvalue weighted by atomic mass is 9.82. The molecule has 0 N–H and O–H groups in total. The van der Waals surface area contributed by atoms with Gasteiger partial charge in [0.25, 0.3) is 0 Å². The van der Waals surface area contributed by atoms with E-state index in [0.717, 1.165) is 33.2 Å². The molecule has 186 valence electrons. The van der Waals surface area contributed by atoms with Gasteiger partial charge in [-0.3, -0.25) is 4.98 Å². The first-order chi connectivity index (χ1) is 18.2. The van der Waals surface area contributed by atoms with Crippen molar-refractivity contribution in [2.75, 3.05) is 0 Å². The van der Waals surface area contributed by atoms with E-state index >= 15 is 0 Å². The molecule has 0 fully saturated rings. The van der Waals surface area contributed by atoms with Crippen LogP contribution in [0.3, 0.4) is 0 Å². The van der Waals surface area contributed by atoms with E-state index in [1.54, 1.807) is 0 Å². The van der Waals surface area contributed by atoms with Crippen LogP contribution in [0.5, 0.6) is 0 Å². The van der Waals surface area contributed by atoms with E-state index in [9.17, 15) is 0 Å². The standard InChI is InChI=1S/C35H31NOSi/c1-35(2,3)30-20-26(19-24-8-6-7-9-27(24)30)33-34-29(14-16-36-33)28-12-10-23(21-31(28)37-34)22-11-13-32-25(18-22)15-17-38(32,4)5/h6-21H,1-5H3. The van der Waals surface area contributed by atoms with Gasteiger partial charge >= 0.3 is 0 Å². The van der Waals surface area contributed by atoms with Gasteiger partial charge in [0.1, 0.15) is 19.4 Å². The topological polar surface area (TPSA) is 26.0 Å². The fourth-order valence-corrected chi connectivity index (χ4v) is 8.20. The number of nitrogens with zero attached hydrogens (tertiary/aromatic N) is 1. The summed E-state index contributed by atoms with van der Waals surface area (Å²) in [6, 6.07) is 28.8. The smallest absolute Gasteiger partial charge is 0.161 e. The predicted molar refractivity (Wildman–Crippen MR) is 165 cm³/mol. The highest BCUT2D eigenvalue weighted by atomic mass is 28.3. The van der Waals surface area contributed by atoms with Gasteiger partial charge in [-0.15, -0.1) is 0 Å². The molecule has 0 aliphatic carbocycles. The summed E-state index contributed by atoms with van der Waals surface area (Å²) < 4.78 is 6.59. The van der Waals surface area contributed by atoms with Crippen molar-refractivity contribution < 1.29 is 4.42 Å². The molecule has 0 amide bonds. The largest absolute Gasteiger partial charge is 0.454 e. The highest BCUT2D eigenvalue weighted by molar-refractivity contribution is 6.96. The lowest BCUT2D eigenvalue weighted by Gasteiger charge is -2.22. The van der Waals surface area contributed by atoms with E-state index in [1.807, 2.05) is 6.20 Å². The van der Waals surface area contributed by atoms with Gasteiger partial charge in [0.2, 0.25) is 0 Å². The summed E-state index contributed by atoms with van der Waals surface area (Å²) in [5.74, 6) is 0. The van der Waals surface area contributed by atoms with Crippen LogP contribution in [-0.4, -0.2) is 13.1 Å². The van der Waals surface area contributed by atoms with Crippen molar-refractivity contribution >= 4 is 52.0 Å². The molecular weight excluding hydrogens is 478 g/mol. The van der Waals surface area contributed by atoms with Crippen molar-refractivity contribution in [1.82, 2.24) is 4.98 Å². The minimum atomic E-state index is -1.43. The maximum atomic E-state index is 6.59. The van der Waals surface area contributed by atoms with Crippen molar-refractivity contribution in [3.8, 4) is 22.4 Å². The molecule has 0 bridgehead atoms. The molecule has 7 rings (SSSR count). The number of pyridine rings is 1. The van der Waals surface area contributed by atoms with Gasteiger partial charge in [0.05, 0.1) is 0 Å². The molecule has 38 heavy (non-hydrogen) atoms. The minimum Gasteiger partial charge on any atom is -0.454 e. The molecule has 4 aromatic carbocycles. The summed E-state index contributed by atoms with van der Waals surface area (Å²) in [5.41, 5.74) is 11.3. The number of benzene rings is 4. The average Bonchev–Trinajstić information content (AvgIpc) is 3.43. The molecule has 1 aliphatic rings. The van der Waals surface area contributed by atoms with Crippen LogP contribution in [0.2, 0.25) is 13.1 Å². The quantitative estimate of drug-likeness (QED) is 0.217. The predicted octanol–water partition coefficient (Wildman–Crippen LogP) is 9.25. The highest BCUT2D eigenvalue weighted by Gasteiger charge is 2.27. The van der Waals surface area contributed by atoms with Gasteiger partial charge < -0.3 is 4.42 Å². The Morgan fingerprint density at radius 1 is 0.737 bits per heavy atom. The third-order valence-corrected chi connectivity index (χ3v) is 10.9. The third-order valence-electron chi connectivity index (χ3n) is 8.09. The van der Waals surface area contributed by atoms with Gasteiger partial charge in [0.15, 0.2) is 5.58 Å². The number of furan rings is 1. The molecule has 2 nitrogen and oxygen atoms in total. The van der Waals surface area contributed by atoms with Gasteiger partial charge in [-0.2, -0.15) is 0 Å². The normalized spacial score (nSPS) is 14.6. The van der Waals surface area contributed by atoms with Gasteiger partial charge in [-0.05, 0) is 80.0 Å². The second-order valence-corrected chi connectivity index (χ2v) is 16.5. The van der Waals surface area contributed by atoms with Crippen molar-refractivity contribution in [1.29, 1.82) is 0 Å². The van der Waals surface area contributed by atoms with Crippen LogP contribution < -0.4 is 5.19 Å². The lowest BCUT2D eigenvalue weighted by Crippen LogP contribution is -2.37. The molecule has 2 aromatic heterocycles. The van der Waals surface area contributed by atoms with E-state index in [4.69, 9.17) is 9.40 Å². The molecule has 0 spiro atoms. The third kappa shape index (κ3) is 3.57. The molecule has 6 aromatic rings. The Bertz CT molecular complexity index is 1930. The zero-order chi connectivity index (χ0) is 26.2. The maximum Gasteiger partial charge on any atom is 0.161 e. The van der Waals surface area contributed by atoms with Crippen LogP contribution >= 0.6 is 0 Å². The molecule has 0 atom stereocenters. The molecule has 0 radical (unpaired) electrons. The van der Waals surface area contributed by atoms with Crippen LogP contribution in [-0.2, 0) is 5.41 Å². The first-order valence-corrected chi connectivity index (χ1v) is 16.5. The highest BCUT2D eigenvalue weighted by Crippen LogP contribution is 2.39. The number of hydrogen-bond donors (Lipinski definition) is 0. The molecule has 0 saturated carbocycles. The summed E-state index contributed by atoms with van der Waals surface area (Å²) in [7, 11) is -1.43. The molecule has 1 aliphatic heterocycles. The summed E-state index contributed by atoms with van der Waals surface area (Å²) in [4.78, 5) is 4.84. The molecule has 3 heterocycles. The van der Waals surface area contributed by atoms with Crippen molar-refractivity contribution in [2.24, 2.45) is 0 Å². The monoisotopic (exact) mass is 509 g/mol. The zero-order valence-corrected chi connectivity index (χ0v) is 23.6. The molecule has 0 unspecified atom stereocenters. The summed E-state index contributed by atoms with van der Waals surface area (Å²) in [6.45, 7) is 11.6. The van der Waals surface area contributed by atoms with Crippen molar-refractivity contribution in [2.45, 2.75) is 39.3 Å². The first-order valence-electron chi connectivity index (χ1n) is 13.4. The Hall–Kier alpha value is -3.95. The van der Waals surface area contributed by atoms with Crippen LogP contribution in [0, 0.1) is 0 Å². The fourth-order valence-electron chi connectivity index (χ4n) is 6.01. The summed E-state index contributed by atoms with van der Waals surface area (Å²) in [6.07, 6.45) is 4.21. The van der Waals surface area contributed by atoms with E-state index < -0.39 is 8.07 Å². The minimum absolute atomic E-state index is 0.00897. The number of hydrogen-bond acceptors (Lipinski definition) is 2. The fraction of sp³-hybridized carbons (Fsp3) is 0.171. The van der Waals surface area contributed by atoms with Gasteiger partial charge in [-0.1, -0.05) is 88.1 Å². The number of aromatic nitrogens is 1. The van der Waals surface area contributed by atoms with Crippen LogP contribution in [0.15, 0.2) is 95.2 Å². The van der Waals surface area contributed by atoms with Crippen LogP contribution in [0.4, 0.5) is 0 Å². The van der Waals surface area contributed by atoms with Gasteiger partial charge in [0, 0.05) is 22.5 Å². The second kappa shape index (κ2) is 8.02. The maximum absolute atomic E-state index is 6.59. The second-order valence-electron chi connectivity index (χ2n) is 12.2. The molecular formula is C35H31NOSi. The van der Waals surface area contributed by atoms with Gasteiger partial charge in [-0.25, -0.2) is 0 Å². The lowest BCUT2D eigenvalue weighted by molar-refractivity contribution is 0.596.